The summed E-state index contributed by atoms with van der Waals surface area (Å²) in [6, 6.07) is 78.0. The quantitative estimate of drug-likeness (QED) is 0.165. The van der Waals surface area contributed by atoms with Gasteiger partial charge in [0, 0.05) is 33.5 Å². The van der Waals surface area contributed by atoms with E-state index in [0.717, 1.165) is 56.4 Å². The third-order valence-electron chi connectivity index (χ3n) is 13.7. The Morgan fingerprint density at radius 1 is 0.354 bits per heavy atom. The van der Waals surface area contributed by atoms with Gasteiger partial charge >= 0.3 is 0 Å². The van der Waals surface area contributed by atoms with E-state index in [1.54, 1.807) is 0 Å². The molecule has 0 unspecified atom stereocenters. The van der Waals surface area contributed by atoms with E-state index >= 15 is 0 Å². The van der Waals surface area contributed by atoms with Gasteiger partial charge in [-0.3, -0.25) is 0 Å². The number of rotatable bonds is 6. The van der Waals surface area contributed by atoms with Crippen LogP contribution in [0, 0.1) is 0 Å². The number of benzene rings is 9. The molecule has 2 heteroatoms. The van der Waals surface area contributed by atoms with Crippen molar-refractivity contribution < 1.29 is 4.74 Å². The summed E-state index contributed by atoms with van der Waals surface area (Å²) in [4.78, 5) is 2.42. The van der Waals surface area contributed by atoms with Gasteiger partial charge in [0.2, 0.25) is 0 Å². The summed E-state index contributed by atoms with van der Waals surface area (Å²) < 4.78 is 7.34. The molecule has 65 heavy (non-hydrogen) atoms. The Kier molecular flexibility index (Phi) is 9.55. The van der Waals surface area contributed by atoms with Crippen LogP contribution in [-0.4, -0.2) is 0 Å². The molecule has 0 amide bonds. The molecular weight excluding hydrogens is 787 g/mol. The van der Waals surface area contributed by atoms with Crippen molar-refractivity contribution >= 4 is 17.1 Å². The van der Waals surface area contributed by atoms with Crippen molar-refractivity contribution in [2.24, 2.45) is 0 Å². The Hall–Kier alpha value is -7.42. The van der Waals surface area contributed by atoms with E-state index in [9.17, 15) is 0 Å². The van der Waals surface area contributed by atoms with Gasteiger partial charge in [0.1, 0.15) is 11.5 Å². The molecule has 9 aromatic rings. The minimum Gasteiger partial charge on any atom is -0.456 e. The second-order valence-electron chi connectivity index (χ2n) is 19.7. The van der Waals surface area contributed by atoms with Crippen LogP contribution < -0.4 is 9.64 Å². The van der Waals surface area contributed by atoms with E-state index in [4.69, 9.17) is 4.74 Å². The summed E-state index contributed by atoms with van der Waals surface area (Å²) >= 11 is 0. The fraction of sp³-hybridized carbons (Fsp3) is 0.143. The highest BCUT2D eigenvalue weighted by molar-refractivity contribution is 5.97. The Morgan fingerprint density at radius 2 is 0.831 bits per heavy atom. The minimum absolute atomic E-state index is 0.0447. The van der Waals surface area contributed by atoms with Crippen molar-refractivity contribution in [3.8, 4) is 56.0 Å². The molecule has 0 atom stereocenters. The first-order valence-electron chi connectivity index (χ1n) is 22.9. The van der Waals surface area contributed by atoms with Gasteiger partial charge < -0.3 is 9.64 Å². The van der Waals surface area contributed by atoms with Crippen LogP contribution in [0.2, 0.25) is 0 Å². The zero-order chi connectivity index (χ0) is 44.5. The van der Waals surface area contributed by atoms with Crippen LogP contribution >= 0.6 is 0 Å². The molecular formula is C63H53NO. The fourth-order valence-corrected chi connectivity index (χ4v) is 10.4. The topological polar surface area (TPSA) is 12.5 Å². The lowest BCUT2D eigenvalue weighted by atomic mass is 9.64. The summed E-state index contributed by atoms with van der Waals surface area (Å²) in [5, 5.41) is 0. The molecule has 316 valence electrons. The van der Waals surface area contributed by atoms with Crippen LogP contribution in [-0.2, 0) is 16.2 Å². The maximum Gasteiger partial charge on any atom is 0.140 e. The molecule has 11 rings (SSSR count). The van der Waals surface area contributed by atoms with E-state index in [1.807, 2.05) is 0 Å². The van der Waals surface area contributed by atoms with Crippen LogP contribution in [0.25, 0.3) is 44.5 Å². The Morgan fingerprint density at radius 3 is 1.46 bits per heavy atom. The highest BCUT2D eigenvalue weighted by atomic mass is 16.5. The van der Waals surface area contributed by atoms with Crippen molar-refractivity contribution in [3.63, 3.8) is 0 Å². The predicted octanol–water partition coefficient (Wildman–Crippen LogP) is 17.2. The van der Waals surface area contributed by atoms with Crippen molar-refractivity contribution in [3.05, 3.63) is 246 Å². The van der Waals surface area contributed by atoms with Crippen LogP contribution in [0.5, 0.6) is 11.5 Å². The maximum atomic E-state index is 7.34. The van der Waals surface area contributed by atoms with Gasteiger partial charge in [0.15, 0.2) is 0 Å². The molecule has 9 aromatic carbocycles. The molecule has 1 heterocycles. The molecule has 0 radical (unpaired) electrons. The first-order chi connectivity index (χ1) is 31.5. The third kappa shape index (κ3) is 6.62. The standard InChI is InChI=1S/C63H53NO/c1-61(2,3)45-36-38-49-50-39-37-46(62(4,5)6)41-56(50)63(55(49)40-45)53-27-15-18-31-59(53)65-60-52(26-19-28-54(60)63)51-25-14-17-30-58(51)64(47-22-11-8-12-23-47)57-29-16-13-24-48(57)44-34-32-43(33-35-44)42-20-9-7-10-21-42/h7-41H,1-6H3. The van der Waals surface area contributed by atoms with E-state index in [1.165, 1.54) is 50.1 Å². The smallest absolute Gasteiger partial charge is 0.140 e. The van der Waals surface area contributed by atoms with E-state index < -0.39 is 5.41 Å². The summed E-state index contributed by atoms with van der Waals surface area (Å²) in [6.45, 7) is 13.9. The Labute approximate surface area is 384 Å². The number of fused-ring (bicyclic) bond motifs is 9. The summed E-state index contributed by atoms with van der Waals surface area (Å²) in [7, 11) is 0. The normalized spacial score (nSPS) is 13.3. The van der Waals surface area contributed by atoms with Crippen LogP contribution in [0.1, 0.15) is 74.9 Å². The molecule has 0 N–H and O–H groups in total. The SMILES string of the molecule is CC(C)(C)c1ccc2c(c1)C1(c3ccccc3Oc3c(-c4ccccc4N(c4ccccc4)c4ccccc4-c4ccc(-c5ccccc5)cc4)cccc31)c1cc(C(C)(C)C)ccc1-2. The van der Waals surface area contributed by atoms with E-state index in [-0.39, 0.29) is 10.8 Å². The molecule has 0 saturated heterocycles. The van der Waals surface area contributed by atoms with Gasteiger partial charge in [-0.25, -0.2) is 0 Å². The van der Waals surface area contributed by atoms with Crippen LogP contribution in [0.3, 0.4) is 0 Å². The zero-order valence-electron chi connectivity index (χ0n) is 38.1. The molecule has 0 aromatic heterocycles. The van der Waals surface area contributed by atoms with Crippen molar-refractivity contribution in [2.45, 2.75) is 57.8 Å². The monoisotopic (exact) mass is 839 g/mol. The van der Waals surface area contributed by atoms with Crippen LogP contribution in [0.4, 0.5) is 17.1 Å². The number of nitrogens with zero attached hydrogens (tertiary/aromatic N) is 1. The molecule has 0 saturated carbocycles. The fourth-order valence-electron chi connectivity index (χ4n) is 10.4. The first kappa shape index (κ1) is 40.4. The van der Waals surface area contributed by atoms with Gasteiger partial charge in [0.25, 0.3) is 0 Å². The predicted molar refractivity (Wildman–Crippen MR) is 272 cm³/mol. The van der Waals surface area contributed by atoms with Crippen LogP contribution in [0.15, 0.2) is 212 Å². The summed E-state index contributed by atoms with van der Waals surface area (Å²) in [5.41, 5.74) is 19.5. The van der Waals surface area contributed by atoms with E-state index in [0.29, 0.717) is 0 Å². The lowest BCUT2D eigenvalue weighted by Gasteiger charge is -2.41. The number of ether oxygens (including phenoxy) is 1. The number of hydrogen-bond donors (Lipinski definition) is 0. The Bertz CT molecular complexity index is 3180. The number of hydrogen-bond acceptors (Lipinski definition) is 2. The molecule has 0 fully saturated rings. The highest BCUT2D eigenvalue weighted by Crippen LogP contribution is 2.64. The van der Waals surface area contributed by atoms with Gasteiger partial charge in [-0.15, -0.1) is 0 Å². The van der Waals surface area contributed by atoms with Gasteiger partial charge in [0.05, 0.1) is 16.8 Å². The summed E-state index contributed by atoms with van der Waals surface area (Å²) in [5.74, 6) is 1.77. The average molecular weight is 840 g/mol. The third-order valence-corrected chi connectivity index (χ3v) is 13.7. The number of anilines is 3. The van der Waals surface area contributed by atoms with Gasteiger partial charge in [-0.1, -0.05) is 224 Å². The average Bonchev–Trinajstić information content (AvgIpc) is 3.61. The minimum atomic E-state index is -0.625. The molecule has 1 aliphatic carbocycles. The lowest BCUT2D eigenvalue weighted by Crippen LogP contribution is -2.33. The number of para-hydroxylation sites is 5. The zero-order valence-corrected chi connectivity index (χ0v) is 38.1. The molecule has 1 aliphatic heterocycles. The molecule has 0 bridgehead atoms. The van der Waals surface area contributed by atoms with Gasteiger partial charge in [-0.2, -0.15) is 0 Å². The molecule has 2 nitrogen and oxygen atoms in total. The highest BCUT2D eigenvalue weighted by Gasteiger charge is 2.52. The van der Waals surface area contributed by atoms with Crippen molar-refractivity contribution in [1.29, 1.82) is 0 Å². The second-order valence-corrected chi connectivity index (χ2v) is 19.7. The first-order valence-corrected chi connectivity index (χ1v) is 22.9. The second kappa shape index (κ2) is 15.4. The van der Waals surface area contributed by atoms with Gasteiger partial charge in [-0.05, 0) is 91.2 Å². The maximum absolute atomic E-state index is 7.34. The Balaban J connectivity index is 1.15. The lowest BCUT2D eigenvalue weighted by molar-refractivity contribution is 0.437. The van der Waals surface area contributed by atoms with E-state index in [2.05, 4.69) is 259 Å². The van der Waals surface area contributed by atoms with Crippen molar-refractivity contribution in [1.82, 2.24) is 0 Å². The summed E-state index contributed by atoms with van der Waals surface area (Å²) in [6.07, 6.45) is 0. The van der Waals surface area contributed by atoms with Crippen molar-refractivity contribution in [2.75, 3.05) is 4.90 Å². The molecule has 1 spiro atoms. The molecule has 2 aliphatic rings. The largest absolute Gasteiger partial charge is 0.456 e.